The summed E-state index contributed by atoms with van der Waals surface area (Å²) >= 11 is 1.45. The molecular formula is C11H26NO2PS. The van der Waals surface area contributed by atoms with E-state index in [4.69, 9.17) is 4.52 Å². The average Bonchev–Trinajstić information content (AvgIpc) is 2.15. The molecular weight excluding hydrogens is 241 g/mol. The first-order chi connectivity index (χ1) is 7.30. The lowest BCUT2D eigenvalue weighted by atomic mass is 9.99. The molecule has 0 bridgehead atoms. The Kier molecular flexibility index (Phi) is 8.00. The maximum Gasteiger partial charge on any atom is 0.247 e. The van der Waals surface area contributed by atoms with Crippen LogP contribution < -0.4 is 0 Å². The highest BCUT2D eigenvalue weighted by Gasteiger charge is 2.17. The first-order valence-electron chi connectivity index (χ1n) is 5.87. The third-order valence-corrected chi connectivity index (χ3v) is 5.38. The summed E-state index contributed by atoms with van der Waals surface area (Å²) in [6, 6.07) is 0. The molecule has 0 aromatic rings. The zero-order chi connectivity index (χ0) is 12.8. The number of rotatable bonds is 7. The van der Waals surface area contributed by atoms with Gasteiger partial charge in [-0.3, -0.25) is 9.46 Å². The Hall–Kier alpha value is 0.500. The van der Waals surface area contributed by atoms with E-state index in [0.29, 0.717) is 6.61 Å². The summed E-state index contributed by atoms with van der Waals surface area (Å²) in [5.41, 5.74) is 0.0827. The lowest BCUT2D eigenvalue weighted by Gasteiger charge is -2.25. The molecule has 0 radical (unpaired) electrons. The fraction of sp³-hybridized carbons (Fsp3) is 1.00. The van der Waals surface area contributed by atoms with Gasteiger partial charge in [-0.1, -0.05) is 46.0 Å². The van der Waals surface area contributed by atoms with Gasteiger partial charge in [0.15, 0.2) is 0 Å². The molecule has 0 N–H and O–H groups in total. The van der Waals surface area contributed by atoms with Crippen molar-refractivity contribution in [1.29, 1.82) is 0 Å². The van der Waals surface area contributed by atoms with Crippen LogP contribution in [0.2, 0.25) is 0 Å². The Bertz CT molecular complexity index is 215. The number of hydrogen-bond acceptors (Lipinski definition) is 4. The minimum absolute atomic E-state index is 0.0827. The molecule has 5 heteroatoms. The molecule has 2 unspecified atom stereocenters. The normalized spacial score (nSPS) is 16.4. The molecule has 0 aliphatic carbocycles. The average molecular weight is 267 g/mol. The molecule has 3 nitrogen and oxygen atoms in total. The van der Waals surface area contributed by atoms with Crippen molar-refractivity contribution in [2.75, 3.05) is 19.7 Å². The predicted octanol–water partition coefficient (Wildman–Crippen LogP) is 3.86. The highest BCUT2D eigenvalue weighted by atomic mass is 32.7. The summed E-state index contributed by atoms with van der Waals surface area (Å²) in [6.45, 7) is 15.1. The van der Waals surface area contributed by atoms with Gasteiger partial charge in [-0.25, -0.2) is 0 Å². The van der Waals surface area contributed by atoms with Gasteiger partial charge in [0.2, 0.25) is 7.23 Å². The van der Waals surface area contributed by atoms with Gasteiger partial charge in [0.05, 0.1) is 12.0 Å². The SMILES string of the molecule is CCN(CC)C(C)S[PH](=O)OCC(C)(C)C. The second-order valence-electron chi connectivity index (χ2n) is 5.04. The van der Waals surface area contributed by atoms with Gasteiger partial charge in [0.25, 0.3) is 0 Å². The Balaban J connectivity index is 3.95. The molecule has 98 valence electrons. The zero-order valence-electron chi connectivity index (χ0n) is 11.4. The minimum Gasteiger partial charge on any atom is -0.323 e. The van der Waals surface area contributed by atoms with E-state index in [1.54, 1.807) is 0 Å². The van der Waals surface area contributed by atoms with Crippen molar-refractivity contribution in [3.05, 3.63) is 0 Å². The van der Waals surface area contributed by atoms with Crippen molar-refractivity contribution in [3.63, 3.8) is 0 Å². The van der Waals surface area contributed by atoms with Crippen LogP contribution in [0.25, 0.3) is 0 Å². The predicted molar refractivity (Wildman–Crippen MR) is 74.4 cm³/mol. The van der Waals surface area contributed by atoms with Crippen LogP contribution in [0.5, 0.6) is 0 Å². The molecule has 0 heterocycles. The van der Waals surface area contributed by atoms with Gasteiger partial charge in [0, 0.05) is 0 Å². The molecule has 0 aliphatic rings. The molecule has 0 amide bonds. The Morgan fingerprint density at radius 1 is 1.31 bits per heavy atom. The van der Waals surface area contributed by atoms with E-state index in [2.05, 4.69) is 46.4 Å². The molecule has 0 aliphatic heterocycles. The quantitative estimate of drug-likeness (QED) is 0.517. The molecule has 0 fully saturated rings. The van der Waals surface area contributed by atoms with Gasteiger partial charge in [-0.15, -0.1) is 0 Å². The maximum absolute atomic E-state index is 11.7. The molecule has 0 rings (SSSR count). The monoisotopic (exact) mass is 267 g/mol. The first-order valence-corrected chi connectivity index (χ1v) is 8.79. The van der Waals surface area contributed by atoms with E-state index in [0.717, 1.165) is 13.1 Å². The third-order valence-electron chi connectivity index (χ3n) is 2.22. The molecule has 0 aromatic carbocycles. The standard InChI is InChI=1S/C11H26NO2PS/c1-7-12(8-2)10(3)16-15(13)14-9-11(4,5)6/h10,15H,7-9H2,1-6H3. The lowest BCUT2D eigenvalue weighted by molar-refractivity contribution is 0.212. The summed E-state index contributed by atoms with van der Waals surface area (Å²) in [4.78, 5) is 2.27. The highest BCUT2D eigenvalue weighted by molar-refractivity contribution is 8.50. The van der Waals surface area contributed by atoms with Crippen molar-refractivity contribution in [2.24, 2.45) is 5.41 Å². The van der Waals surface area contributed by atoms with Crippen LogP contribution in [0.1, 0.15) is 41.5 Å². The second-order valence-corrected chi connectivity index (χ2v) is 8.45. The van der Waals surface area contributed by atoms with Gasteiger partial charge >= 0.3 is 0 Å². The van der Waals surface area contributed by atoms with E-state index in [1.807, 2.05) is 0 Å². The Labute approximate surface area is 105 Å². The van der Waals surface area contributed by atoms with Gasteiger partial charge in [-0.2, -0.15) is 0 Å². The third kappa shape index (κ3) is 7.72. The number of nitrogens with zero attached hydrogens (tertiary/aromatic N) is 1. The van der Waals surface area contributed by atoms with E-state index in [-0.39, 0.29) is 10.8 Å². The van der Waals surface area contributed by atoms with Crippen LogP contribution in [0.4, 0.5) is 0 Å². The number of hydrogen-bond donors (Lipinski definition) is 0. The van der Waals surface area contributed by atoms with E-state index >= 15 is 0 Å². The van der Waals surface area contributed by atoms with Crippen molar-refractivity contribution >= 4 is 18.6 Å². The smallest absolute Gasteiger partial charge is 0.247 e. The van der Waals surface area contributed by atoms with Crippen molar-refractivity contribution in [3.8, 4) is 0 Å². The largest absolute Gasteiger partial charge is 0.323 e. The van der Waals surface area contributed by atoms with Crippen LogP contribution in [-0.2, 0) is 9.09 Å². The van der Waals surface area contributed by atoms with Gasteiger partial charge < -0.3 is 4.52 Å². The fourth-order valence-electron chi connectivity index (χ4n) is 1.26. The second kappa shape index (κ2) is 7.75. The zero-order valence-corrected chi connectivity index (χ0v) is 13.2. The van der Waals surface area contributed by atoms with Crippen LogP contribution in [0, 0.1) is 5.41 Å². The molecule has 0 aromatic heterocycles. The Morgan fingerprint density at radius 3 is 2.19 bits per heavy atom. The van der Waals surface area contributed by atoms with Crippen LogP contribution in [0.3, 0.4) is 0 Å². The van der Waals surface area contributed by atoms with Crippen LogP contribution in [0.15, 0.2) is 0 Å². The minimum atomic E-state index is -1.96. The summed E-state index contributed by atoms with van der Waals surface area (Å²) in [5, 5.41) is 0.265. The molecule has 0 saturated heterocycles. The molecule has 16 heavy (non-hydrogen) atoms. The van der Waals surface area contributed by atoms with Crippen molar-refractivity contribution in [2.45, 2.75) is 46.9 Å². The van der Waals surface area contributed by atoms with Gasteiger partial charge in [-0.05, 0) is 25.4 Å². The van der Waals surface area contributed by atoms with Crippen LogP contribution >= 0.6 is 18.6 Å². The van der Waals surface area contributed by atoms with Gasteiger partial charge in [0.1, 0.15) is 0 Å². The molecule has 0 saturated carbocycles. The first kappa shape index (κ1) is 16.5. The Morgan fingerprint density at radius 2 is 1.81 bits per heavy atom. The summed E-state index contributed by atoms with van der Waals surface area (Å²) in [7, 11) is -1.96. The highest BCUT2D eigenvalue weighted by Crippen LogP contribution is 2.43. The van der Waals surface area contributed by atoms with E-state index in [9.17, 15) is 4.57 Å². The maximum atomic E-state index is 11.7. The topological polar surface area (TPSA) is 29.5 Å². The van der Waals surface area contributed by atoms with Crippen molar-refractivity contribution < 1.29 is 9.09 Å². The molecule has 0 spiro atoms. The fourth-order valence-corrected chi connectivity index (χ4v) is 4.27. The summed E-state index contributed by atoms with van der Waals surface area (Å²) < 4.78 is 17.1. The summed E-state index contributed by atoms with van der Waals surface area (Å²) in [5.74, 6) is 0. The van der Waals surface area contributed by atoms with Crippen LogP contribution in [-0.4, -0.2) is 30.0 Å². The summed E-state index contributed by atoms with van der Waals surface area (Å²) in [6.07, 6.45) is 0. The lowest BCUT2D eigenvalue weighted by Crippen LogP contribution is -2.29. The van der Waals surface area contributed by atoms with E-state index in [1.165, 1.54) is 11.4 Å². The van der Waals surface area contributed by atoms with Crippen molar-refractivity contribution in [1.82, 2.24) is 4.90 Å². The molecule has 2 atom stereocenters. The van der Waals surface area contributed by atoms with E-state index < -0.39 is 7.23 Å².